The van der Waals surface area contributed by atoms with Gasteiger partial charge in [-0.2, -0.15) is 0 Å². The van der Waals surface area contributed by atoms with Crippen LogP contribution in [0, 0.1) is 0 Å². The highest BCUT2D eigenvalue weighted by molar-refractivity contribution is 5.97. The highest BCUT2D eigenvalue weighted by atomic mass is 16.5. The van der Waals surface area contributed by atoms with Crippen molar-refractivity contribution in [3.8, 4) is 5.75 Å². The molecule has 1 fully saturated rings. The molecular weight excluding hydrogens is 294 g/mol. The monoisotopic (exact) mass is 315 g/mol. The second-order valence-corrected chi connectivity index (χ2v) is 6.06. The molecule has 0 radical (unpaired) electrons. The van der Waals surface area contributed by atoms with E-state index in [0.717, 1.165) is 5.56 Å². The molecule has 2 heterocycles. The molecule has 0 bridgehead atoms. The van der Waals surface area contributed by atoms with Crippen molar-refractivity contribution in [3.63, 3.8) is 0 Å². The minimum Gasteiger partial charge on any atom is -0.507 e. The molecule has 1 N–H and O–H groups in total. The summed E-state index contributed by atoms with van der Waals surface area (Å²) < 4.78 is 11.0. The molecule has 122 valence electrons. The lowest BCUT2D eigenvalue weighted by atomic mass is 10.0. The number of ether oxygens (including phenoxy) is 1. The van der Waals surface area contributed by atoms with Gasteiger partial charge in [0.15, 0.2) is 0 Å². The highest BCUT2D eigenvalue weighted by Gasteiger charge is 2.28. The molecule has 5 nitrogen and oxygen atoms in total. The predicted molar refractivity (Wildman–Crippen MR) is 85.5 cm³/mol. The van der Waals surface area contributed by atoms with Crippen molar-refractivity contribution in [1.82, 2.24) is 4.90 Å². The van der Waals surface area contributed by atoms with Crippen molar-refractivity contribution < 1.29 is 19.1 Å². The van der Waals surface area contributed by atoms with E-state index >= 15 is 0 Å². The number of morpholine rings is 1. The molecule has 0 saturated carbocycles. The fraction of sp³-hybridized carbons (Fsp3) is 0.389. The maximum Gasteiger partial charge on any atom is 0.257 e. The van der Waals surface area contributed by atoms with Crippen LogP contribution in [-0.4, -0.2) is 35.6 Å². The number of furan rings is 1. The maximum atomic E-state index is 12.7. The first-order chi connectivity index (χ1) is 11.1. The van der Waals surface area contributed by atoms with Gasteiger partial charge < -0.3 is 19.2 Å². The number of rotatable bonds is 3. The summed E-state index contributed by atoms with van der Waals surface area (Å²) in [6.07, 6.45) is 1.33. The van der Waals surface area contributed by atoms with Crippen molar-refractivity contribution in [1.29, 1.82) is 0 Å². The average Bonchev–Trinajstić information content (AvgIpc) is 3.08. The number of hydrogen-bond acceptors (Lipinski definition) is 4. The number of hydrogen-bond donors (Lipinski definition) is 1. The summed E-state index contributed by atoms with van der Waals surface area (Å²) in [5.74, 6) is 0.860. The third kappa shape index (κ3) is 3.24. The number of nitrogens with zero attached hydrogens (tertiary/aromatic N) is 1. The largest absolute Gasteiger partial charge is 0.507 e. The molecule has 2 aromatic rings. The number of aromatic hydroxyl groups is 1. The molecule has 1 atom stereocenters. The van der Waals surface area contributed by atoms with Crippen LogP contribution in [0.3, 0.4) is 0 Å². The second kappa shape index (κ2) is 6.46. The molecule has 1 unspecified atom stereocenters. The van der Waals surface area contributed by atoms with Crippen LogP contribution in [0.5, 0.6) is 5.75 Å². The van der Waals surface area contributed by atoms with Crippen molar-refractivity contribution >= 4 is 5.91 Å². The lowest BCUT2D eigenvalue weighted by Crippen LogP contribution is -2.42. The Kier molecular flexibility index (Phi) is 4.39. The van der Waals surface area contributed by atoms with Gasteiger partial charge in [0.25, 0.3) is 5.91 Å². The topological polar surface area (TPSA) is 62.9 Å². The molecule has 1 saturated heterocycles. The zero-order valence-electron chi connectivity index (χ0n) is 13.4. The predicted octanol–water partition coefficient (Wildman–Crippen LogP) is 3.32. The van der Waals surface area contributed by atoms with Gasteiger partial charge in [-0.15, -0.1) is 0 Å². The van der Waals surface area contributed by atoms with Crippen LogP contribution in [0.25, 0.3) is 0 Å². The minimum absolute atomic E-state index is 0.0299. The van der Waals surface area contributed by atoms with E-state index in [2.05, 4.69) is 0 Å². The van der Waals surface area contributed by atoms with Crippen LogP contribution in [0.15, 0.2) is 41.0 Å². The molecule has 23 heavy (non-hydrogen) atoms. The minimum atomic E-state index is -0.264. The van der Waals surface area contributed by atoms with Crippen molar-refractivity contribution in [2.75, 3.05) is 19.7 Å². The van der Waals surface area contributed by atoms with Crippen LogP contribution in [0.1, 0.15) is 47.6 Å². The quantitative estimate of drug-likeness (QED) is 0.944. The van der Waals surface area contributed by atoms with E-state index in [9.17, 15) is 9.90 Å². The average molecular weight is 315 g/mol. The third-order valence-electron chi connectivity index (χ3n) is 4.13. The maximum absolute atomic E-state index is 12.7. The molecule has 1 aromatic carbocycles. The third-order valence-corrected chi connectivity index (χ3v) is 4.13. The zero-order valence-corrected chi connectivity index (χ0v) is 13.4. The molecule has 3 rings (SSSR count). The van der Waals surface area contributed by atoms with Crippen LogP contribution < -0.4 is 0 Å². The van der Waals surface area contributed by atoms with E-state index in [0.29, 0.717) is 36.9 Å². The van der Waals surface area contributed by atoms with E-state index in [4.69, 9.17) is 9.15 Å². The van der Waals surface area contributed by atoms with E-state index < -0.39 is 0 Å². The van der Waals surface area contributed by atoms with Gasteiger partial charge in [0.2, 0.25) is 0 Å². The van der Waals surface area contributed by atoms with Crippen molar-refractivity contribution in [2.45, 2.75) is 25.9 Å². The highest BCUT2D eigenvalue weighted by Crippen LogP contribution is 2.27. The van der Waals surface area contributed by atoms with Gasteiger partial charge in [0.1, 0.15) is 17.6 Å². The Hall–Kier alpha value is -2.27. The first-order valence-corrected chi connectivity index (χ1v) is 7.83. The molecule has 1 aliphatic rings. The molecule has 0 spiro atoms. The lowest BCUT2D eigenvalue weighted by Gasteiger charge is -2.32. The molecule has 1 amide bonds. The van der Waals surface area contributed by atoms with Gasteiger partial charge in [-0.05, 0) is 35.7 Å². The number of benzene rings is 1. The molecule has 1 aliphatic heterocycles. The van der Waals surface area contributed by atoms with Gasteiger partial charge in [-0.25, -0.2) is 0 Å². The first kappa shape index (κ1) is 15.6. The number of phenolic OH excluding ortho intramolecular Hbond substituents is 1. The Bertz CT molecular complexity index is 678. The fourth-order valence-electron chi connectivity index (χ4n) is 2.74. The van der Waals surface area contributed by atoms with Crippen molar-refractivity contribution in [3.05, 3.63) is 53.5 Å². The summed E-state index contributed by atoms with van der Waals surface area (Å²) in [5, 5.41) is 10.2. The van der Waals surface area contributed by atoms with Gasteiger partial charge in [0, 0.05) is 6.54 Å². The number of carbonyl (C=O) groups excluding carboxylic acids is 1. The normalized spacial score (nSPS) is 18.4. The van der Waals surface area contributed by atoms with E-state index in [1.165, 1.54) is 0 Å². The van der Waals surface area contributed by atoms with E-state index in [1.54, 1.807) is 29.4 Å². The van der Waals surface area contributed by atoms with E-state index in [1.807, 2.05) is 26.0 Å². The zero-order chi connectivity index (χ0) is 16.4. The molecular formula is C18H21NO4. The van der Waals surface area contributed by atoms with Crippen LogP contribution in [0.4, 0.5) is 0 Å². The smallest absolute Gasteiger partial charge is 0.257 e. The van der Waals surface area contributed by atoms with Crippen LogP contribution in [-0.2, 0) is 4.74 Å². The number of amides is 1. The Morgan fingerprint density at radius 2 is 2.17 bits per heavy atom. The standard InChI is InChI=1S/C18H21NO4/c1-12(2)13-5-6-14(15(20)10-13)18(21)19-7-9-23-17(11-19)16-4-3-8-22-16/h3-6,8,10,12,17,20H,7,9,11H2,1-2H3. The molecule has 1 aromatic heterocycles. The summed E-state index contributed by atoms with van der Waals surface area (Å²) >= 11 is 0. The van der Waals surface area contributed by atoms with Gasteiger partial charge in [-0.1, -0.05) is 19.9 Å². The van der Waals surface area contributed by atoms with Gasteiger partial charge in [-0.3, -0.25) is 4.79 Å². The van der Waals surface area contributed by atoms with Crippen LogP contribution in [0.2, 0.25) is 0 Å². The van der Waals surface area contributed by atoms with E-state index in [-0.39, 0.29) is 17.8 Å². The van der Waals surface area contributed by atoms with Gasteiger partial charge >= 0.3 is 0 Å². The summed E-state index contributed by atoms with van der Waals surface area (Å²) in [5.41, 5.74) is 1.34. The second-order valence-electron chi connectivity index (χ2n) is 6.06. The summed E-state index contributed by atoms with van der Waals surface area (Å²) in [4.78, 5) is 14.4. The molecule has 5 heteroatoms. The Balaban J connectivity index is 1.77. The van der Waals surface area contributed by atoms with Crippen LogP contribution >= 0.6 is 0 Å². The lowest BCUT2D eigenvalue weighted by molar-refractivity contribution is -0.0322. The Morgan fingerprint density at radius 3 is 2.83 bits per heavy atom. The van der Waals surface area contributed by atoms with Gasteiger partial charge in [0.05, 0.1) is 25.0 Å². The number of carbonyl (C=O) groups is 1. The summed E-state index contributed by atoms with van der Waals surface area (Å²) in [7, 11) is 0. The molecule has 0 aliphatic carbocycles. The summed E-state index contributed by atoms with van der Waals surface area (Å²) in [6.45, 7) is 5.46. The Morgan fingerprint density at radius 1 is 1.35 bits per heavy atom. The summed E-state index contributed by atoms with van der Waals surface area (Å²) in [6, 6.07) is 8.90. The number of phenols is 1. The van der Waals surface area contributed by atoms with Crippen molar-refractivity contribution in [2.24, 2.45) is 0 Å². The fourth-order valence-corrected chi connectivity index (χ4v) is 2.74. The first-order valence-electron chi connectivity index (χ1n) is 7.83. The Labute approximate surface area is 135 Å². The SMILES string of the molecule is CC(C)c1ccc(C(=O)N2CCOC(c3ccco3)C2)c(O)c1.